The van der Waals surface area contributed by atoms with Crippen molar-refractivity contribution in [3.8, 4) is 0 Å². The van der Waals surface area contributed by atoms with Gasteiger partial charge in [-0.1, -0.05) is 48.9 Å². The van der Waals surface area contributed by atoms with E-state index in [4.69, 9.17) is 11.6 Å². The van der Waals surface area contributed by atoms with Gasteiger partial charge in [-0.2, -0.15) is 0 Å². The average Bonchev–Trinajstić information content (AvgIpc) is 2.79. The molecule has 0 unspecified atom stereocenters. The van der Waals surface area contributed by atoms with Crippen LogP contribution in [0.3, 0.4) is 0 Å². The third-order valence-corrected chi connectivity index (χ3v) is 6.20. The van der Waals surface area contributed by atoms with Crippen molar-refractivity contribution in [2.75, 3.05) is 16.6 Å². The maximum absolute atomic E-state index is 12.9. The second-order valence-electron chi connectivity index (χ2n) is 6.87. The van der Waals surface area contributed by atoms with Gasteiger partial charge in [0.25, 0.3) is 21.8 Å². The minimum absolute atomic E-state index is 0.0590. The number of anilines is 2. The SMILES string of the molecule is CCCNC(=O)c1ccccc1NC(=O)c1cc(NS(=O)(=O)c2ccccc2)ccc1Cl. The number of rotatable bonds is 8. The Kier molecular flexibility index (Phi) is 7.50. The van der Waals surface area contributed by atoms with Crippen molar-refractivity contribution in [3.63, 3.8) is 0 Å². The summed E-state index contributed by atoms with van der Waals surface area (Å²) < 4.78 is 27.6. The van der Waals surface area contributed by atoms with Crippen molar-refractivity contribution in [1.82, 2.24) is 5.32 Å². The Morgan fingerprint density at radius 1 is 0.875 bits per heavy atom. The number of benzene rings is 3. The number of carbonyl (C=O) groups is 2. The monoisotopic (exact) mass is 471 g/mol. The van der Waals surface area contributed by atoms with Gasteiger partial charge in [-0.25, -0.2) is 8.42 Å². The van der Waals surface area contributed by atoms with E-state index in [1.54, 1.807) is 42.5 Å². The molecule has 3 aromatic rings. The lowest BCUT2D eigenvalue weighted by Gasteiger charge is -2.13. The van der Waals surface area contributed by atoms with E-state index in [9.17, 15) is 18.0 Å². The maximum atomic E-state index is 12.9. The van der Waals surface area contributed by atoms with Gasteiger partial charge in [0.2, 0.25) is 0 Å². The number of hydrogen-bond acceptors (Lipinski definition) is 4. The summed E-state index contributed by atoms with van der Waals surface area (Å²) in [5.74, 6) is -0.885. The largest absolute Gasteiger partial charge is 0.352 e. The molecule has 3 N–H and O–H groups in total. The first-order chi connectivity index (χ1) is 15.3. The van der Waals surface area contributed by atoms with Gasteiger partial charge in [0, 0.05) is 12.2 Å². The molecule has 0 bridgehead atoms. The van der Waals surface area contributed by atoms with Crippen molar-refractivity contribution in [3.05, 3.63) is 88.9 Å². The smallest absolute Gasteiger partial charge is 0.261 e. The summed E-state index contributed by atoms with van der Waals surface area (Å²) in [6, 6.07) is 18.7. The van der Waals surface area contributed by atoms with Crippen LogP contribution in [0.5, 0.6) is 0 Å². The molecule has 0 spiro atoms. The number of amides is 2. The Morgan fingerprint density at radius 3 is 2.28 bits per heavy atom. The molecule has 0 atom stereocenters. The Balaban J connectivity index is 1.84. The summed E-state index contributed by atoms with van der Waals surface area (Å²) in [6.45, 7) is 2.45. The zero-order chi connectivity index (χ0) is 23.1. The maximum Gasteiger partial charge on any atom is 0.261 e. The van der Waals surface area contributed by atoms with Crippen LogP contribution in [0.15, 0.2) is 77.7 Å². The van der Waals surface area contributed by atoms with Crippen LogP contribution in [0.4, 0.5) is 11.4 Å². The fourth-order valence-electron chi connectivity index (χ4n) is 2.89. The molecule has 0 radical (unpaired) electrons. The van der Waals surface area contributed by atoms with E-state index < -0.39 is 15.9 Å². The zero-order valence-electron chi connectivity index (χ0n) is 17.3. The third-order valence-electron chi connectivity index (χ3n) is 4.47. The summed E-state index contributed by atoms with van der Waals surface area (Å²) in [7, 11) is -3.83. The lowest BCUT2D eigenvalue weighted by atomic mass is 10.1. The number of hydrogen-bond donors (Lipinski definition) is 3. The first-order valence-electron chi connectivity index (χ1n) is 9.88. The number of sulfonamides is 1. The van der Waals surface area contributed by atoms with Gasteiger partial charge in [-0.05, 0) is 48.9 Å². The molecule has 0 saturated heterocycles. The van der Waals surface area contributed by atoms with Crippen LogP contribution < -0.4 is 15.4 Å². The molecule has 0 aliphatic carbocycles. The molecule has 0 aromatic heterocycles. The summed E-state index contributed by atoms with van der Waals surface area (Å²) in [5, 5.41) is 5.59. The highest BCUT2D eigenvalue weighted by Gasteiger charge is 2.18. The highest BCUT2D eigenvalue weighted by molar-refractivity contribution is 7.92. The van der Waals surface area contributed by atoms with Gasteiger partial charge in [0.1, 0.15) is 0 Å². The molecule has 0 fully saturated rings. The second kappa shape index (κ2) is 10.3. The van der Waals surface area contributed by atoms with Crippen molar-refractivity contribution >= 4 is 44.8 Å². The lowest BCUT2D eigenvalue weighted by molar-refractivity contribution is 0.0954. The van der Waals surface area contributed by atoms with Gasteiger partial charge in [0.15, 0.2) is 0 Å². The Bertz CT molecular complexity index is 1230. The van der Waals surface area contributed by atoms with Gasteiger partial charge < -0.3 is 10.6 Å². The molecule has 166 valence electrons. The van der Waals surface area contributed by atoms with E-state index in [-0.39, 0.29) is 27.1 Å². The van der Waals surface area contributed by atoms with E-state index in [2.05, 4.69) is 15.4 Å². The van der Waals surface area contributed by atoms with Crippen LogP contribution in [0, 0.1) is 0 Å². The molecule has 0 aliphatic heterocycles. The molecule has 32 heavy (non-hydrogen) atoms. The Hall–Kier alpha value is -3.36. The predicted octanol–water partition coefficient (Wildman–Crippen LogP) is 4.53. The van der Waals surface area contributed by atoms with E-state index in [0.717, 1.165) is 6.42 Å². The van der Waals surface area contributed by atoms with Crippen LogP contribution in [-0.4, -0.2) is 26.8 Å². The van der Waals surface area contributed by atoms with Crippen LogP contribution >= 0.6 is 11.6 Å². The summed E-state index contributed by atoms with van der Waals surface area (Å²) in [5.41, 5.74) is 0.866. The molecular weight excluding hydrogens is 450 g/mol. The van der Waals surface area contributed by atoms with Gasteiger partial charge in [-0.15, -0.1) is 0 Å². The quantitative estimate of drug-likeness (QED) is 0.448. The highest BCUT2D eigenvalue weighted by Crippen LogP contribution is 2.25. The fraction of sp³-hybridized carbons (Fsp3) is 0.130. The number of halogens is 1. The van der Waals surface area contributed by atoms with Crippen molar-refractivity contribution < 1.29 is 18.0 Å². The van der Waals surface area contributed by atoms with Crippen molar-refractivity contribution in [1.29, 1.82) is 0 Å². The van der Waals surface area contributed by atoms with Crippen LogP contribution in [0.25, 0.3) is 0 Å². The number of para-hydroxylation sites is 1. The van der Waals surface area contributed by atoms with Gasteiger partial charge in [0.05, 0.1) is 26.7 Å². The predicted molar refractivity (Wildman–Crippen MR) is 126 cm³/mol. The highest BCUT2D eigenvalue weighted by atomic mass is 35.5. The fourth-order valence-corrected chi connectivity index (χ4v) is 4.16. The summed E-state index contributed by atoms with van der Waals surface area (Å²) >= 11 is 6.20. The standard InChI is InChI=1S/C23H22ClN3O4S/c1-2-14-25-22(28)18-10-6-7-11-21(18)26-23(29)19-15-16(12-13-20(19)24)27-32(30,31)17-8-4-3-5-9-17/h3-13,15,27H,2,14H2,1H3,(H,25,28)(H,26,29). The van der Waals surface area contributed by atoms with E-state index in [0.29, 0.717) is 17.8 Å². The minimum atomic E-state index is -3.83. The molecule has 2 amide bonds. The van der Waals surface area contributed by atoms with Crippen molar-refractivity contribution in [2.24, 2.45) is 0 Å². The minimum Gasteiger partial charge on any atom is -0.352 e. The van der Waals surface area contributed by atoms with E-state index >= 15 is 0 Å². The van der Waals surface area contributed by atoms with E-state index in [1.165, 1.54) is 30.3 Å². The first-order valence-corrected chi connectivity index (χ1v) is 11.7. The van der Waals surface area contributed by atoms with Crippen LogP contribution in [0.2, 0.25) is 5.02 Å². The number of nitrogens with one attached hydrogen (secondary N) is 3. The normalized spacial score (nSPS) is 10.9. The zero-order valence-corrected chi connectivity index (χ0v) is 18.8. The molecule has 0 heterocycles. The third kappa shape index (κ3) is 5.66. The Labute approximate surface area is 191 Å². The average molecular weight is 472 g/mol. The second-order valence-corrected chi connectivity index (χ2v) is 8.96. The molecule has 3 aromatic carbocycles. The number of carbonyl (C=O) groups excluding carboxylic acids is 2. The first kappa shape index (κ1) is 23.3. The summed E-state index contributed by atoms with van der Waals surface area (Å²) in [6.07, 6.45) is 0.779. The van der Waals surface area contributed by atoms with Crippen LogP contribution in [-0.2, 0) is 10.0 Å². The Morgan fingerprint density at radius 2 is 1.56 bits per heavy atom. The van der Waals surface area contributed by atoms with Gasteiger partial charge >= 0.3 is 0 Å². The molecule has 0 saturated carbocycles. The van der Waals surface area contributed by atoms with E-state index in [1.807, 2.05) is 6.92 Å². The lowest BCUT2D eigenvalue weighted by Crippen LogP contribution is -2.25. The molecule has 9 heteroatoms. The summed E-state index contributed by atoms with van der Waals surface area (Å²) in [4.78, 5) is 25.4. The van der Waals surface area contributed by atoms with Crippen LogP contribution in [0.1, 0.15) is 34.1 Å². The van der Waals surface area contributed by atoms with Gasteiger partial charge in [-0.3, -0.25) is 14.3 Å². The van der Waals surface area contributed by atoms with Crippen molar-refractivity contribution in [2.45, 2.75) is 18.2 Å². The molecule has 0 aliphatic rings. The molecular formula is C23H22ClN3O4S. The molecule has 7 nitrogen and oxygen atoms in total. The molecule has 3 rings (SSSR count). The topological polar surface area (TPSA) is 104 Å².